The van der Waals surface area contributed by atoms with E-state index in [1.54, 1.807) is 24.5 Å². The van der Waals surface area contributed by atoms with E-state index in [0.717, 1.165) is 17.5 Å². The Morgan fingerprint density at radius 2 is 1.70 bits per heavy atom. The van der Waals surface area contributed by atoms with E-state index in [2.05, 4.69) is 15.3 Å². The Kier molecular flexibility index (Phi) is 4.34. The summed E-state index contributed by atoms with van der Waals surface area (Å²) in [6.07, 6.45) is 5.51. The van der Waals surface area contributed by atoms with Crippen molar-refractivity contribution in [3.63, 3.8) is 0 Å². The van der Waals surface area contributed by atoms with Gasteiger partial charge in [0.15, 0.2) is 9.84 Å². The van der Waals surface area contributed by atoms with Crippen molar-refractivity contribution in [3.05, 3.63) is 47.8 Å². The second-order valence-corrected chi connectivity index (χ2v) is 6.69. The zero-order valence-electron chi connectivity index (χ0n) is 11.5. The van der Waals surface area contributed by atoms with Crippen LogP contribution in [0, 0.1) is 6.92 Å². The van der Waals surface area contributed by atoms with Crippen LogP contribution in [0.15, 0.2) is 41.6 Å². The van der Waals surface area contributed by atoms with Crippen LogP contribution in [0.25, 0.3) is 0 Å². The maximum atomic E-state index is 11.3. The topological polar surface area (TPSA) is 72.0 Å². The lowest BCUT2D eigenvalue weighted by molar-refractivity contribution is 0.602. The predicted molar refractivity (Wildman–Crippen MR) is 78.5 cm³/mol. The van der Waals surface area contributed by atoms with Crippen molar-refractivity contribution in [2.75, 3.05) is 18.1 Å². The molecule has 0 aliphatic rings. The Bertz CT molecular complexity index is 665. The van der Waals surface area contributed by atoms with Crippen LogP contribution < -0.4 is 5.32 Å². The minimum atomic E-state index is -3.12. The van der Waals surface area contributed by atoms with Gasteiger partial charge in [0.05, 0.1) is 4.90 Å². The molecular formula is C14H17N3O2S. The Hall–Kier alpha value is -1.95. The van der Waals surface area contributed by atoms with Crippen molar-refractivity contribution in [3.8, 4) is 0 Å². The maximum Gasteiger partial charge on any atom is 0.222 e. The fraction of sp³-hybridized carbons (Fsp3) is 0.286. The summed E-state index contributed by atoms with van der Waals surface area (Å²) in [5.41, 5.74) is 2.09. The summed E-state index contributed by atoms with van der Waals surface area (Å²) in [6, 6.07) is 6.92. The summed E-state index contributed by atoms with van der Waals surface area (Å²) in [7, 11) is -3.12. The molecule has 0 aliphatic heterocycles. The molecule has 106 valence electrons. The summed E-state index contributed by atoms with van der Waals surface area (Å²) in [5, 5.41) is 3.12. The first-order valence-corrected chi connectivity index (χ1v) is 8.16. The van der Waals surface area contributed by atoms with Gasteiger partial charge in [-0.1, -0.05) is 12.1 Å². The fourth-order valence-electron chi connectivity index (χ4n) is 1.71. The molecule has 20 heavy (non-hydrogen) atoms. The molecule has 2 aromatic rings. The number of nitrogens with zero attached hydrogens (tertiary/aromatic N) is 2. The van der Waals surface area contributed by atoms with Crippen molar-refractivity contribution < 1.29 is 8.42 Å². The summed E-state index contributed by atoms with van der Waals surface area (Å²) in [6.45, 7) is 2.63. The molecule has 0 saturated carbocycles. The molecule has 0 spiro atoms. The van der Waals surface area contributed by atoms with Crippen LogP contribution in [-0.4, -0.2) is 31.2 Å². The van der Waals surface area contributed by atoms with Crippen LogP contribution in [0.5, 0.6) is 0 Å². The zero-order valence-corrected chi connectivity index (χ0v) is 12.3. The van der Waals surface area contributed by atoms with Crippen molar-refractivity contribution in [1.29, 1.82) is 0 Å². The lowest BCUT2D eigenvalue weighted by Gasteiger charge is -2.05. The number of sulfone groups is 1. The van der Waals surface area contributed by atoms with Gasteiger partial charge in [-0.2, -0.15) is 0 Å². The van der Waals surface area contributed by atoms with Gasteiger partial charge >= 0.3 is 0 Å². The molecule has 2 rings (SSSR count). The van der Waals surface area contributed by atoms with Crippen LogP contribution in [0.4, 0.5) is 5.95 Å². The zero-order chi connectivity index (χ0) is 14.6. The van der Waals surface area contributed by atoms with Gasteiger partial charge in [-0.3, -0.25) is 0 Å². The van der Waals surface area contributed by atoms with Gasteiger partial charge in [0.2, 0.25) is 5.95 Å². The van der Waals surface area contributed by atoms with Crippen LogP contribution in [0.3, 0.4) is 0 Å². The molecule has 1 N–H and O–H groups in total. The average molecular weight is 291 g/mol. The number of aromatic nitrogens is 2. The Balaban J connectivity index is 1.90. The molecule has 5 nitrogen and oxygen atoms in total. The van der Waals surface area contributed by atoms with E-state index in [-0.39, 0.29) is 0 Å². The molecule has 0 aliphatic carbocycles. The highest BCUT2D eigenvalue weighted by atomic mass is 32.2. The van der Waals surface area contributed by atoms with Crippen LogP contribution in [0.2, 0.25) is 0 Å². The van der Waals surface area contributed by atoms with E-state index >= 15 is 0 Å². The molecule has 0 radical (unpaired) electrons. The smallest absolute Gasteiger partial charge is 0.222 e. The number of aryl methyl sites for hydroxylation is 1. The lowest BCUT2D eigenvalue weighted by Crippen LogP contribution is -2.08. The van der Waals surface area contributed by atoms with Crippen molar-refractivity contribution in [1.82, 2.24) is 9.97 Å². The monoisotopic (exact) mass is 291 g/mol. The molecule has 1 aromatic carbocycles. The Morgan fingerprint density at radius 3 is 2.25 bits per heavy atom. The number of hydrogen-bond donors (Lipinski definition) is 1. The molecule has 1 aromatic heterocycles. The van der Waals surface area contributed by atoms with E-state index in [1.807, 2.05) is 19.1 Å². The second-order valence-electron chi connectivity index (χ2n) is 4.68. The van der Waals surface area contributed by atoms with Gasteiger partial charge in [-0.25, -0.2) is 18.4 Å². The standard InChI is InChI=1S/C14H17N3O2S/c1-11-9-16-14(17-10-11)15-8-7-12-3-5-13(6-4-12)20(2,18)19/h3-6,9-10H,7-8H2,1-2H3,(H,15,16,17). The molecular weight excluding hydrogens is 274 g/mol. The van der Waals surface area contributed by atoms with E-state index < -0.39 is 9.84 Å². The van der Waals surface area contributed by atoms with Crippen molar-refractivity contribution in [2.45, 2.75) is 18.2 Å². The molecule has 0 amide bonds. The number of hydrogen-bond acceptors (Lipinski definition) is 5. The van der Waals surface area contributed by atoms with Crippen molar-refractivity contribution >= 4 is 15.8 Å². The van der Waals surface area contributed by atoms with Crippen LogP contribution in [0.1, 0.15) is 11.1 Å². The molecule has 1 heterocycles. The van der Waals surface area contributed by atoms with Gasteiger partial charge < -0.3 is 5.32 Å². The highest BCUT2D eigenvalue weighted by molar-refractivity contribution is 7.90. The van der Waals surface area contributed by atoms with E-state index in [1.165, 1.54) is 6.26 Å². The minimum absolute atomic E-state index is 0.344. The third-order valence-corrected chi connectivity index (χ3v) is 3.96. The third-order valence-electron chi connectivity index (χ3n) is 2.83. The summed E-state index contributed by atoms with van der Waals surface area (Å²) >= 11 is 0. The highest BCUT2D eigenvalue weighted by Crippen LogP contribution is 2.10. The largest absolute Gasteiger partial charge is 0.354 e. The molecule has 0 bridgehead atoms. The molecule has 0 saturated heterocycles. The van der Waals surface area contributed by atoms with Crippen molar-refractivity contribution in [2.24, 2.45) is 0 Å². The third kappa shape index (κ3) is 4.03. The normalized spacial score (nSPS) is 11.3. The molecule has 6 heteroatoms. The number of benzene rings is 1. The minimum Gasteiger partial charge on any atom is -0.354 e. The average Bonchev–Trinajstić information content (AvgIpc) is 2.41. The molecule has 0 fully saturated rings. The highest BCUT2D eigenvalue weighted by Gasteiger charge is 2.05. The Labute approximate surface area is 119 Å². The summed E-state index contributed by atoms with van der Waals surface area (Å²) in [4.78, 5) is 8.65. The van der Waals surface area contributed by atoms with Gasteiger partial charge in [-0.05, 0) is 36.6 Å². The van der Waals surface area contributed by atoms with Gasteiger partial charge in [0.1, 0.15) is 0 Å². The molecule has 0 unspecified atom stereocenters. The quantitative estimate of drug-likeness (QED) is 0.910. The van der Waals surface area contributed by atoms with Crippen LogP contribution in [-0.2, 0) is 16.3 Å². The number of anilines is 1. The maximum absolute atomic E-state index is 11.3. The number of nitrogens with one attached hydrogen (secondary N) is 1. The van der Waals surface area contributed by atoms with Gasteiger partial charge in [-0.15, -0.1) is 0 Å². The van der Waals surface area contributed by atoms with Gasteiger partial charge in [0, 0.05) is 25.2 Å². The first-order valence-electron chi connectivity index (χ1n) is 6.27. The molecule has 0 atom stereocenters. The van der Waals surface area contributed by atoms with E-state index in [9.17, 15) is 8.42 Å². The fourth-order valence-corrected chi connectivity index (χ4v) is 2.34. The SMILES string of the molecule is Cc1cnc(NCCc2ccc(S(C)(=O)=O)cc2)nc1. The van der Waals surface area contributed by atoms with E-state index in [0.29, 0.717) is 17.4 Å². The first-order chi connectivity index (χ1) is 9.45. The summed E-state index contributed by atoms with van der Waals surface area (Å²) < 4.78 is 22.7. The van der Waals surface area contributed by atoms with Gasteiger partial charge in [0.25, 0.3) is 0 Å². The lowest BCUT2D eigenvalue weighted by atomic mass is 10.1. The number of rotatable bonds is 5. The summed E-state index contributed by atoms with van der Waals surface area (Å²) in [5.74, 6) is 0.600. The first kappa shape index (κ1) is 14.5. The predicted octanol–water partition coefficient (Wildman–Crippen LogP) is 1.84. The van der Waals surface area contributed by atoms with E-state index in [4.69, 9.17) is 0 Å². The van der Waals surface area contributed by atoms with Crippen LogP contribution >= 0.6 is 0 Å². The Morgan fingerprint density at radius 1 is 1.10 bits per heavy atom. The second kappa shape index (κ2) is 6.00.